The standard InChI is InChI=1S/C16H29N3S/c1-7-8-17-9-12(4)16-13(5)18-15(19-14(16)6)10-20-11(2)3/h11-12,17H,7-10H2,1-6H3. The Morgan fingerprint density at radius 3 is 2.20 bits per heavy atom. The fraction of sp³-hybridized carbons (Fsp3) is 0.750. The second-order valence-electron chi connectivity index (χ2n) is 5.69. The van der Waals surface area contributed by atoms with Gasteiger partial charge in [-0.25, -0.2) is 9.97 Å². The lowest BCUT2D eigenvalue weighted by Crippen LogP contribution is -2.22. The van der Waals surface area contributed by atoms with Gasteiger partial charge in [0.2, 0.25) is 0 Å². The first-order valence-electron chi connectivity index (χ1n) is 7.62. The van der Waals surface area contributed by atoms with Gasteiger partial charge in [0, 0.05) is 17.9 Å². The predicted octanol–water partition coefficient (Wildman–Crippen LogP) is 3.84. The van der Waals surface area contributed by atoms with Crippen LogP contribution in [0.15, 0.2) is 0 Å². The van der Waals surface area contributed by atoms with E-state index in [9.17, 15) is 0 Å². The maximum Gasteiger partial charge on any atom is 0.138 e. The van der Waals surface area contributed by atoms with Crippen molar-refractivity contribution in [3.8, 4) is 0 Å². The van der Waals surface area contributed by atoms with Crippen molar-refractivity contribution >= 4 is 11.8 Å². The van der Waals surface area contributed by atoms with Crippen molar-refractivity contribution in [2.45, 2.75) is 64.9 Å². The molecule has 0 fully saturated rings. The van der Waals surface area contributed by atoms with Crippen LogP contribution in [0.3, 0.4) is 0 Å². The van der Waals surface area contributed by atoms with Crippen molar-refractivity contribution in [1.29, 1.82) is 0 Å². The molecule has 1 unspecified atom stereocenters. The summed E-state index contributed by atoms with van der Waals surface area (Å²) in [6.45, 7) is 15.2. The van der Waals surface area contributed by atoms with Crippen LogP contribution < -0.4 is 5.32 Å². The fourth-order valence-electron chi connectivity index (χ4n) is 2.41. The molecule has 1 aromatic rings. The maximum atomic E-state index is 4.70. The highest BCUT2D eigenvalue weighted by Gasteiger charge is 2.15. The smallest absolute Gasteiger partial charge is 0.138 e. The van der Waals surface area contributed by atoms with Gasteiger partial charge in [0.1, 0.15) is 5.82 Å². The van der Waals surface area contributed by atoms with E-state index in [1.54, 1.807) is 0 Å². The molecule has 0 amide bonds. The van der Waals surface area contributed by atoms with Crippen LogP contribution in [0.4, 0.5) is 0 Å². The highest BCUT2D eigenvalue weighted by atomic mass is 32.2. The third kappa shape index (κ3) is 5.41. The van der Waals surface area contributed by atoms with Crippen LogP contribution in [0.25, 0.3) is 0 Å². The van der Waals surface area contributed by atoms with Gasteiger partial charge in [0.15, 0.2) is 0 Å². The average molecular weight is 295 g/mol. The minimum atomic E-state index is 0.466. The number of nitrogens with zero attached hydrogens (tertiary/aromatic N) is 2. The summed E-state index contributed by atoms with van der Waals surface area (Å²) >= 11 is 1.90. The molecular weight excluding hydrogens is 266 g/mol. The zero-order chi connectivity index (χ0) is 15.1. The second kappa shape index (κ2) is 8.63. The number of hydrogen-bond donors (Lipinski definition) is 1. The van der Waals surface area contributed by atoms with Crippen molar-refractivity contribution in [1.82, 2.24) is 15.3 Å². The van der Waals surface area contributed by atoms with Gasteiger partial charge in [0.05, 0.1) is 5.75 Å². The summed E-state index contributed by atoms with van der Waals surface area (Å²) in [5, 5.41) is 4.10. The molecule has 0 spiro atoms. The summed E-state index contributed by atoms with van der Waals surface area (Å²) in [6, 6.07) is 0. The average Bonchev–Trinajstić information content (AvgIpc) is 2.36. The molecule has 0 aromatic carbocycles. The normalized spacial score (nSPS) is 12.9. The molecule has 20 heavy (non-hydrogen) atoms. The Hall–Kier alpha value is -0.610. The van der Waals surface area contributed by atoms with Gasteiger partial charge in [-0.15, -0.1) is 0 Å². The number of rotatable bonds is 8. The predicted molar refractivity (Wildman–Crippen MR) is 89.5 cm³/mol. The zero-order valence-electron chi connectivity index (χ0n) is 13.8. The van der Waals surface area contributed by atoms with Gasteiger partial charge in [-0.2, -0.15) is 11.8 Å². The molecule has 0 radical (unpaired) electrons. The third-order valence-electron chi connectivity index (χ3n) is 3.29. The van der Waals surface area contributed by atoms with Gasteiger partial charge < -0.3 is 5.32 Å². The molecule has 0 aliphatic heterocycles. The molecule has 0 saturated heterocycles. The van der Waals surface area contributed by atoms with E-state index in [2.05, 4.69) is 46.9 Å². The molecular formula is C16H29N3S. The largest absolute Gasteiger partial charge is 0.316 e. The Bertz CT molecular complexity index is 395. The zero-order valence-corrected chi connectivity index (χ0v) is 14.6. The highest BCUT2D eigenvalue weighted by Crippen LogP contribution is 2.22. The lowest BCUT2D eigenvalue weighted by molar-refractivity contribution is 0.600. The first-order valence-corrected chi connectivity index (χ1v) is 8.66. The minimum Gasteiger partial charge on any atom is -0.316 e. The van der Waals surface area contributed by atoms with Gasteiger partial charge in [0.25, 0.3) is 0 Å². The number of hydrogen-bond acceptors (Lipinski definition) is 4. The molecule has 0 saturated carbocycles. The Labute approximate surface area is 128 Å². The summed E-state index contributed by atoms with van der Waals surface area (Å²) in [5.41, 5.74) is 3.59. The number of thioether (sulfide) groups is 1. The van der Waals surface area contributed by atoms with E-state index in [1.165, 1.54) is 12.0 Å². The van der Waals surface area contributed by atoms with Gasteiger partial charge >= 0.3 is 0 Å². The fourth-order valence-corrected chi connectivity index (χ4v) is 3.02. The van der Waals surface area contributed by atoms with Crippen LogP contribution in [-0.4, -0.2) is 28.3 Å². The quantitative estimate of drug-likeness (QED) is 0.740. The van der Waals surface area contributed by atoms with E-state index in [4.69, 9.17) is 9.97 Å². The Balaban J connectivity index is 2.77. The van der Waals surface area contributed by atoms with Crippen LogP contribution in [0.1, 0.15) is 62.8 Å². The molecule has 3 nitrogen and oxygen atoms in total. The van der Waals surface area contributed by atoms with Crippen molar-refractivity contribution in [2.75, 3.05) is 13.1 Å². The molecule has 1 aromatic heterocycles. The number of aromatic nitrogens is 2. The monoisotopic (exact) mass is 295 g/mol. The molecule has 1 rings (SSSR count). The molecule has 0 bridgehead atoms. The molecule has 1 heterocycles. The first kappa shape index (κ1) is 17.4. The topological polar surface area (TPSA) is 37.8 Å². The van der Waals surface area contributed by atoms with E-state index < -0.39 is 0 Å². The number of nitrogens with one attached hydrogen (secondary N) is 1. The van der Waals surface area contributed by atoms with E-state index >= 15 is 0 Å². The lowest BCUT2D eigenvalue weighted by atomic mass is 9.98. The summed E-state index contributed by atoms with van der Waals surface area (Å²) in [6.07, 6.45) is 1.17. The lowest BCUT2D eigenvalue weighted by Gasteiger charge is -2.18. The van der Waals surface area contributed by atoms with E-state index in [0.29, 0.717) is 11.2 Å². The first-order chi connectivity index (χ1) is 9.45. The summed E-state index contributed by atoms with van der Waals surface area (Å²) < 4.78 is 0. The van der Waals surface area contributed by atoms with E-state index in [1.807, 2.05) is 11.8 Å². The van der Waals surface area contributed by atoms with Gasteiger partial charge in [-0.3, -0.25) is 0 Å². The summed E-state index contributed by atoms with van der Waals surface area (Å²) in [7, 11) is 0. The van der Waals surface area contributed by atoms with Crippen LogP contribution >= 0.6 is 11.8 Å². The molecule has 114 valence electrons. The maximum absolute atomic E-state index is 4.70. The highest BCUT2D eigenvalue weighted by molar-refractivity contribution is 7.99. The van der Waals surface area contributed by atoms with Crippen LogP contribution in [0, 0.1) is 13.8 Å². The van der Waals surface area contributed by atoms with Crippen LogP contribution in [0.2, 0.25) is 0 Å². The molecule has 1 N–H and O–H groups in total. The second-order valence-corrected chi connectivity index (χ2v) is 7.25. The SMILES string of the molecule is CCCNCC(C)c1c(C)nc(CSC(C)C)nc1C. The molecule has 4 heteroatoms. The minimum absolute atomic E-state index is 0.466. The Morgan fingerprint density at radius 1 is 1.10 bits per heavy atom. The molecule has 1 atom stereocenters. The van der Waals surface area contributed by atoms with Crippen molar-refractivity contribution in [2.24, 2.45) is 0 Å². The summed E-state index contributed by atoms with van der Waals surface area (Å²) in [4.78, 5) is 9.39. The van der Waals surface area contributed by atoms with Crippen LogP contribution in [-0.2, 0) is 5.75 Å². The Kier molecular flexibility index (Phi) is 7.52. The van der Waals surface area contributed by atoms with Crippen molar-refractivity contribution in [3.05, 3.63) is 22.8 Å². The van der Waals surface area contributed by atoms with E-state index in [-0.39, 0.29) is 0 Å². The number of aryl methyl sites for hydroxylation is 2. The Morgan fingerprint density at radius 2 is 1.70 bits per heavy atom. The summed E-state index contributed by atoms with van der Waals surface area (Å²) in [5.74, 6) is 2.34. The van der Waals surface area contributed by atoms with E-state index in [0.717, 1.165) is 36.1 Å². The van der Waals surface area contributed by atoms with Crippen LogP contribution in [0.5, 0.6) is 0 Å². The van der Waals surface area contributed by atoms with Gasteiger partial charge in [-0.1, -0.05) is 27.7 Å². The third-order valence-corrected chi connectivity index (χ3v) is 4.38. The molecule has 0 aliphatic rings. The van der Waals surface area contributed by atoms with Crippen molar-refractivity contribution < 1.29 is 0 Å². The van der Waals surface area contributed by atoms with Gasteiger partial charge in [-0.05, 0) is 43.5 Å². The van der Waals surface area contributed by atoms with Crippen molar-refractivity contribution in [3.63, 3.8) is 0 Å². The molecule has 0 aliphatic carbocycles.